The summed E-state index contributed by atoms with van der Waals surface area (Å²) >= 11 is 0. The zero-order valence-electron chi connectivity index (χ0n) is 14.4. The maximum absolute atomic E-state index is 12.7. The van der Waals surface area contributed by atoms with Gasteiger partial charge in [0.15, 0.2) is 8.32 Å². The fourth-order valence-electron chi connectivity index (χ4n) is 2.57. The summed E-state index contributed by atoms with van der Waals surface area (Å²) < 4.78 is 24.1. The number of rotatable bonds is 6. The molecule has 124 valence electrons. The molecule has 1 aliphatic heterocycles. The fraction of sp³-hybridized carbons (Fsp3) is 0.923. The van der Waals surface area contributed by atoms with Gasteiger partial charge < -0.3 is 8.64 Å². The van der Waals surface area contributed by atoms with Gasteiger partial charge in [0, 0.05) is 6.66 Å². The number of hydrogen-bond acceptors (Lipinski definition) is 5. The molecule has 0 N–H and O–H groups in total. The Hall–Kier alpha value is 0.0538. The molecule has 0 bridgehead atoms. The monoisotopic (exact) mass is 351 g/mol. The minimum atomic E-state index is -2.70. The van der Waals surface area contributed by atoms with Crippen LogP contribution in [0.25, 0.3) is 0 Å². The number of carbonyl (C=O) groups excluding carboxylic acids is 1. The van der Waals surface area contributed by atoms with Crippen molar-refractivity contribution in [3.05, 3.63) is 0 Å². The molecular weight excluding hydrogens is 321 g/mol. The molecule has 2 atom stereocenters. The molecule has 1 rings (SSSR count). The molecule has 1 heterocycles. The highest BCUT2D eigenvalue weighted by atomic mass is 31.2. The molecule has 0 aromatic rings. The van der Waals surface area contributed by atoms with E-state index in [2.05, 4.69) is 0 Å². The van der Waals surface area contributed by atoms with E-state index in [1.807, 2.05) is 44.2 Å². The predicted molar refractivity (Wildman–Crippen MR) is 92.0 cm³/mol. The Balaban J connectivity index is 2.70. The van der Waals surface area contributed by atoms with Crippen LogP contribution in [-0.2, 0) is 18.0 Å². The summed E-state index contributed by atoms with van der Waals surface area (Å²) in [6.07, 6.45) is 2.08. The maximum Gasteiger partial charge on any atom is 0.310 e. The first-order chi connectivity index (χ1) is 9.29. The maximum atomic E-state index is 12.7. The van der Waals surface area contributed by atoms with Crippen molar-refractivity contribution < 1.29 is 18.0 Å². The third-order valence-electron chi connectivity index (χ3n) is 2.95. The molecule has 0 radical (unpaired) electrons. The fourth-order valence-corrected chi connectivity index (χ4v) is 9.17. The van der Waals surface area contributed by atoms with Gasteiger partial charge in [-0.05, 0) is 58.7 Å². The van der Waals surface area contributed by atoms with Gasteiger partial charge in [0.05, 0.1) is 6.29 Å². The van der Waals surface area contributed by atoms with E-state index in [4.69, 9.17) is 8.64 Å². The molecule has 1 aliphatic rings. The van der Waals surface area contributed by atoms with Gasteiger partial charge in [0.2, 0.25) is 15.7 Å². The van der Waals surface area contributed by atoms with Crippen molar-refractivity contribution in [2.24, 2.45) is 0 Å². The van der Waals surface area contributed by atoms with Gasteiger partial charge in [-0.3, -0.25) is 14.3 Å². The quantitative estimate of drug-likeness (QED) is 0.541. The molecule has 8 heteroatoms. The predicted octanol–water partition coefficient (Wildman–Crippen LogP) is 3.55. The van der Waals surface area contributed by atoms with Gasteiger partial charge in [-0.25, -0.2) is 0 Å². The van der Waals surface area contributed by atoms with Crippen molar-refractivity contribution in [1.82, 2.24) is 4.90 Å². The van der Waals surface area contributed by atoms with E-state index in [9.17, 15) is 9.36 Å². The van der Waals surface area contributed by atoms with Gasteiger partial charge >= 0.3 is 5.97 Å². The van der Waals surface area contributed by atoms with Crippen molar-refractivity contribution in [3.63, 3.8) is 0 Å². The molecule has 0 spiro atoms. The molecule has 0 saturated carbocycles. The average molecular weight is 352 g/mol. The minimum absolute atomic E-state index is 0.153. The Morgan fingerprint density at radius 3 is 2.24 bits per heavy atom. The van der Waals surface area contributed by atoms with Crippen molar-refractivity contribution in [2.45, 2.75) is 58.2 Å². The van der Waals surface area contributed by atoms with E-state index in [-0.39, 0.29) is 12.0 Å². The lowest BCUT2D eigenvalue weighted by molar-refractivity contribution is -0.139. The number of hydrogen-bond donors (Lipinski definition) is 0. The normalized spacial score (nSPS) is 23.9. The largest absolute Gasteiger partial charge is 0.519 e. The van der Waals surface area contributed by atoms with E-state index in [0.29, 0.717) is 6.29 Å². The molecule has 1 saturated heterocycles. The van der Waals surface area contributed by atoms with Crippen LogP contribution in [0.15, 0.2) is 0 Å². The Morgan fingerprint density at radius 1 is 1.19 bits per heavy atom. The first-order valence-electron chi connectivity index (χ1n) is 7.53. The van der Waals surface area contributed by atoms with E-state index in [0.717, 1.165) is 19.4 Å². The zero-order valence-corrected chi connectivity index (χ0v) is 17.3. The Morgan fingerprint density at radius 2 is 1.76 bits per heavy atom. The Kier molecular flexibility index (Phi) is 6.06. The lowest BCUT2D eigenvalue weighted by Crippen LogP contribution is -2.42. The second-order valence-electron chi connectivity index (χ2n) is 7.86. The molecule has 0 aliphatic carbocycles. The Labute approximate surface area is 131 Å². The van der Waals surface area contributed by atoms with Crippen molar-refractivity contribution in [3.8, 4) is 0 Å². The first kappa shape index (κ1) is 19.1. The molecule has 1 fully saturated rings. The smallest absolute Gasteiger partial charge is 0.310 e. The van der Waals surface area contributed by atoms with Crippen LogP contribution in [0.4, 0.5) is 0 Å². The summed E-state index contributed by atoms with van der Waals surface area (Å²) in [4.78, 5) is 14.3. The summed E-state index contributed by atoms with van der Waals surface area (Å²) in [5, 5.41) is 0. The molecule has 2 unspecified atom stereocenters. The van der Waals surface area contributed by atoms with E-state index >= 15 is 0 Å². The van der Waals surface area contributed by atoms with Crippen molar-refractivity contribution in [1.29, 1.82) is 0 Å². The van der Waals surface area contributed by atoms with Crippen molar-refractivity contribution in [2.75, 3.05) is 19.5 Å². The molecule has 0 aromatic carbocycles. The Bertz CT molecular complexity index is 431. The summed E-state index contributed by atoms with van der Waals surface area (Å²) in [6, 6.07) is -0.254. The van der Waals surface area contributed by atoms with Crippen LogP contribution in [0.3, 0.4) is 0 Å². The summed E-state index contributed by atoms with van der Waals surface area (Å²) in [7, 11) is -6.44. The van der Waals surface area contributed by atoms with E-state index in [1.165, 1.54) is 0 Å². The van der Waals surface area contributed by atoms with Crippen LogP contribution in [0.1, 0.15) is 12.8 Å². The summed E-state index contributed by atoms with van der Waals surface area (Å²) in [5.41, 5.74) is 0. The third-order valence-corrected chi connectivity index (χ3v) is 8.37. The van der Waals surface area contributed by atoms with Crippen LogP contribution in [-0.4, -0.2) is 53.0 Å². The van der Waals surface area contributed by atoms with Crippen LogP contribution in [0, 0.1) is 0 Å². The van der Waals surface area contributed by atoms with Crippen LogP contribution in [0.2, 0.25) is 39.3 Å². The standard InChI is InChI=1S/C13H30NO4PSi2/c1-19(16,18-21(5,6)7)11-14-10-8-9-12(14)13(15)17-20(2,3)4/h12H,8-11H2,1-7H3. The van der Waals surface area contributed by atoms with Gasteiger partial charge in [0.1, 0.15) is 6.04 Å². The number of likely N-dealkylation sites (tertiary alicyclic amines) is 1. The lowest BCUT2D eigenvalue weighted by atomic mass is 10.2. The van der Waals surface area contributed by atoms with Crippen LogP contribution >= 0.6 is 7.37 Å². The third kappa shape index (κ3) is 7.24. The van der Waals surface area contributed by atoms with Gasteiger partial charge in [0.25, 0.3) is 0 Å². The SMILES string of the molecule is C[Si](C)(C)OC(=O)C1CCCN1CP(C)(=O)O[Si](C)(C)C. The van der Waals surface area contributed by atoms with Crippen molar-refractivity contribution >= 4 is 30.0 Å². The molecular formula is C13H30NO4PSi2. The second-order valence-corrected chi connectivity index (χ2v) is 19.6. The van der Waals surface area contributed by atoms with E-state index < -0.39 is 24.0 Å². The highest BCUT2D eigenvalue weighted by Crippen LogP contribution is 2.47. The van der Waals surface area contributed by atoms with Gasteiger partial charge in [-0.15, -0.1) is 0 Å². The zero-order chi connectivity index (χ0) is 16.5. The van der Waals surface area contributed by atoms with Gasteiger partial charge in [-0.1, -0.05) is 0 Å². The van der Waals surface area contributed by atoms with Crippen LogP contribution in [0.5, 0.6) is 0 Å². The molecule has 5 nitrogen and oxygen atoms in total. The van der Waals surface area contributed by atoms with Gasteiger partial charge in [-0.2, -0.15) is 0 Å². The number of nitrogens with zero attached hydrogens (tertiary/aromatic N) is 1. The minimum Gasteiger partial charge on any atom is -0.519 e. The average Bonchev–Trinajstić information content (AvgIpc) is 2.57. The highest BCUT2D eigenvalue weighted by molar-refractivity contribution is 7.59. The molecule has 0 amide bonds. The second kappa shape index (κ2) is 6.66. The molecule has 0 aromatic heterocycles. The number of carbonyl (C=O) groups is 1. The van der Waals surface area contributed by atoms with Crippen LogP contribution < -0.4 is 0 Å². The summed E-state index contributed by atoms with van der Waals surface area (Å²) in [6.45, 7) is 14.6. The lowest BCUT2D eigenvalue weighted by Gasteiger charge is -2.31. The first-order valence-corrected chi connectivity index (χ1v) is 16.6. The topological polar surface area (TPSA) is 55.8 Å². The molecule has 21 heavy (non-hydrogen) atoms. The summed E-state index contributed by atoms with van der Waals surface area (Å²) in [5.74, 6) is -0.153. The van der Waals surface area contributed by atoms with E-state index in [1.54, 1.807) is 6.66 Å². The highest BCUT2D eigenvalue weighted by Gasteiger charge is 2.38.